The van der Waals surface area contributed by atoms with Gasteiger partial charge in [-0.15, -0.1) is 11.8 Å². The largest absolute Gasteiger partial charge is 0.417 e. The maximum atomic E-state index is 13.1. The maximum Gasteiger partial charge on any atom is 0.417 e. The van der Waals surface area contributed by atoms with Gasteiger partial charge in [-0.1, -0.05) is 24.3 Å². The Morgan fingerprint density at radius 2 is 1.70 bits per heavy atom. The van der Waals surface area contributed by atoms with Crippen molar-refractivity contribution in [3.63, 3.8) is 0 Å². The van der Waals surface area contributed by atoms with Gasteiger partial charge in [-0.05, 0) is 30.5 Å². The van der Waals surface area contributed by atoms with Gasteiger partial charge >= 0.3 is 6.18 Å². The highest BCUT2D eigenvalue weighted by Crippen LogP contribution is 2.34. The molecule has 2 aromatic rings. The number of likely N-dealkylation sites (N-methyl/N-ethyl adjacent to an activating group) is 1. The van der Waals surface area contributed by atoms with E-state index in [1.165, 1.54) is 17.8 Å². The zero-order valence-corrected chi connectivity index (χ0v) is 16.1. The molecule has 146 valence electrons. The number of halogens is 3. The van der Waals surface area contributed by atoms with Crippen LogP contribution in [0.5, 0.6) is 0 Å². The zero-order valence-electron chi connectivity index (χ0n) is 14.4. The van der Waals surface area contributed by atoms with Crippen molar-refractivity contribution in [1.29, 1.82) is 0 Å². The molecule has 5 nitrogen and oxygen atoms in total. The van der Waals surface area contributed by atoms with Gasteiger partial charge in [-0.25, -0.2) is 8.42 Å². The molecule has 10 heteroatoms. The molecule has 27 heavy (non-hydrogen) atoms. The third kappa shape index (κ3) is 5.02. The Hall–Kier alpha value is -2.04. The van der Waals surface area contributed by atoms with E-state index in [0.29, 0.717) is 16.1 Å². The van der Waals surface area contributed by atoms with Crippen LogP contribution in [0.25, 0.3) is 0 Å². The lowest BCUT2D eigenvalue weighted by Crippen LogP contribution is -2.35. The molecule has 1 amide bonds. The minimum atomic E-state index is -4.83. The summed E-state index contributed by atoms with van der Waals surface area (Å²) >= 11 is 1.39. The maximum absolute atomic E-state index is 13.1. The molecule has 1 N–H and O–H groups in total. The van der Waals surface area contributed by atoms with E-state index in [0.717, 1.165) is 24.1 Å². The summed E-state index contributed by atoms with van der Waals surface area (Å²) in [6.45, 7) is -0.628. The summed E-state index contributed by atoms with van der Waals surface area (Å²) in [6, 6.07) is 10.8. The molecular weight excluding hydrogens is 401 g/mol. The van der Waals surface area contributed by atoms with Crippen LogP contribution in [-0.4, -0.2) is 38.5 Å². The number of thioether (sulfide) groups is 1. The first-order chi connectivity index (χ1) is 12.6. The van der Waals surface area contributed by atoms with Crippen molar-refractivity contribution in [2.24, 2.45) is 0 Å². The lowest BCUT2D eigenvalue weighted by Gasteiger charge is -2.20. The third-order valence-electron chi connectivity index (χ3n) is 3.63. The molecule has 0 aromatic heterocycles. The first-order valence-electron chi connectivity index (χ1n) is 7.63. The number of carbonyl (C=O) groups excluding carboxylic acids is 1. The van der Waals surface area contributed by atoms with Crippen LogP contribution in [0.4, 0.5) is 18.9 Å². The molecule has 0 aliphatic carbocycles. The van der Waals surface area contributed by atoms with Crippen LogP contribution in [0.3, 0.4) is 0 Å². The number of benzene rings is 2. The second-order valence-electron chi connectivity index (χ2n) is 5.50. The summed E-state index contributed by atoms with van der Waals surface area (Å²) in [5.74, 6) is -0.660. The monoisotopic (exact) mass is 418 g/mol. The van der Waals surface area contributed by atoms with Gasteiger partial charge < -0.3 is 5.32 Å². The van der Waals surface area contributed by atoms with Gasteiger partial charge in [0.25, 0.3) is 0 Å². The van der Waals surface area contributed by atoms with E-state index in [4.69, 9.17) is 0 Å². The van der Waals surface area contributed by atoms with Crippen molar-refractivity contribution in [1.82, 2.24) is 4.31 Å². The molecule has 0 unspecified atom stereocenters. The SMILES string of the molecule is CSc1ccccc1NC(=O)CN(C)S(=O)(=O)c1ccccc1C(F)(F)F. The summed E-state index contributed by atoms with van der Waals surface area (Å²) in [5.41, 5.74) is -0.776. The predicted octanol–water partition coefficient (Wildman–Crippen LogP) is 3.69. The zero-order chi connectivity index (χ0) is 20.2. The molecule has 0 aliphatic rings. The fourth-order valence-corrected chi connectivity index (χ4v) is 4.21. The molecule has 0 saturated carbocycles. The third-order valence-corrected chi connectivity index (χ3v) is 6.29. The number of nitrogens with one attached hydrogen (secondary N) is 1. The number of amides is 1. The average molecular weight is 418 g/mol. The first-order valence-corrected chi connectivity index (χ1v) is 10.3. The van der Waals surface area contributed by atoms with Crippen molar-refractivity contribution in [3.05, 3.63) is 54.1 Å². The minimum absolute atomic E-state index is 0.497. The van der Waals surface area contributed by atoms with E-state index < -0.39 is 39.1 Å². The van der Waals surface area contributed by atoms with Gasteiger partial charge in [0.05, 0.1) is 22.7 Å². The van der Waals surface area contributed by atoms with Crippen molar-refractivity contribution in [3.8, 4) is 0 Å². The molecule has 2 aromatic carbocycles. The van der Waals surface area contributed by atoms with E-state index in [9.17, 15) is 26.4 Å². The second-order valence-corrected chi connectivity index (χ2v) is 8.36. The van der Waals surface area contributed by atoms with E-state index in [1.807, 2.05) is 6.26 Å². The highest BCUT2D eigenvalue weighted by Gasteiger charge is 2.38. The van der Waals surface area contributed by atoms with Crippen LogP contribution in [-0.2, 0) is 21.0 Å². The van der Waals surface area contributed by atoms with E-state index in [2.05, 4.69) is 5.32 Å². The van der Waals surface area contributed by atoms with Crippen LogP contribution in [0.2, 0.25) is 0 Å². The van der Waals surface area contributed by atoms with E-state index in [1.54, 1.807) is 24.3 Å². The van der Waals surface area contributed by atoms with Crippen LogP contribution in [0.1, 0.15) is 5.56 Å². The molecule has 0 heterocycles. The van der Waals surface area contributed by atoms with Crippen molar-refractivity contribution in [2.75, 3.05) is 25.2 Å². The number of hydrogen-bond acceptors (Lipinski definition) is 4. The first kappa shape index (κ1) is 21.3. The molecular formula is C17H17F3N2O3S2. The smallest absolute Gasteiger partial charge is 0.324 e. The van der Waals surface area contributed by atoms with E-state index in [-0.39, 0.29) is 0 Å². The predicted molar refractivity (Wildman–Crippen MR) is 98.1 cm³/mol. The normalized spacial score (nSPS) is 12.2. The summed E-state index contributed by atoms with van der Waals surface area (Å²) in [7, 11) is -3.45. The molecule has 0 spiro atoms. The minimum Gasteiger partial charge on any atom is -0.324 e. The quantitative estimate of drug-likeness (QED) is 0.727. The molecule has 0 bridgehead atoms. The van der Waals surface area contributed by atoms with Gasteiger partial charge in [0.2, 0.25) is 15.9 Å². The van der Waals surface area contributed by atoms with E-state index >= 15 is 0 Å². The van der Waals surface area contributed by atoms with Crippen molar-refractivity contribution < 1.29 is 26.4 Å². The Balaban J connectivity index is 2.22. The Kier molecular flexibility index (Phi) is 6.55. The number of sulfonamides is 1. The molecule has 0 radical (unpaired) electrons. The van der Waals surface area contributed by atoms with Gasteiger partial charge in [0.1, 0.15) is 0 Å². The van der Waals surface area contributed by atoms with Crippen LogP contribution < -0.4 is 5.32 Å². The molecule has 0 fully saturated rings. The van der Waals surface area contributed by atoms with Gasteiger partial charge in [-0.3, -0.25) is 4.79 Å². The molecule has 2 rings (SSSR count). The molecule has 0 atom stereocenters. The molecule has 0 aliphatic heterocycles. The Morgan fingerprint density at radius 1 is 1.11 bits per heavy atom. The lowest BCUT2D eigenvalue weighted by molar-refractivity contribution is -0.139. The highest BCUT2D eigenvalue weighted by molar-refractivity contribution is 7.98. The fraction of sp³-hybridized carbons (Fsp3) is 0.235. The summed E-state index contributed by atoms with van der Waals surface area (Å²) in [5, 5.41) is 2.57. The number of anilines is 1. The number of hydrogen-bond donors (Lipinski definition) is 1. The van der Waals surface area contributed by atoms with Gasteiger partial charge in [-0.2, -0.15) is 17.5 Å². The van der Waals surface area contributed by atoms with Crippen LogP contribution >= 0.6 is 11.8 Å². The van der Waals surface area contributed by atoms with Gasteiger partial charge in [0, 0.05) is 11.9 Å². The lowest BCUT2D eigenvalue weighted by atomic mass is 10.2. The summed E-state index contributed by atoms with van der Waals surface area (Å²) in [4.78, 5) is 12.1. The van der Waals surface area contributed by atoms with Crippen molar-refractivity contribution in [2.45, 2.75) is 16.0 Å². The summed E-state index contributed by atoms with van der Waals surface area (Å²) < 4.78 is 65.0. The van der Waals surface area contributed by atoms with Crippen LogP contribution in [0, 0.1) is 0 Å². The standard InChI is InChI=1S/C17H17F3N2O3S2/c1-22(11-16(23)21-13-8-4-5-9-14(13)26-2)27(24,25)15-10-6-3-7-12(15)17(18,19)20/h3-10H,11H2,1-2H3,(H,21,23). The highest BCUT2D eigenvalue weighted by atomic mass is 32.2. The van der Waals surface area contributed by atoms with Gasteiger partial charge in [0.15, 0.2) is 0 Å². The fourth-order valence-electron chi connectivity index (χ4n) is 2.32. The number of para-hydroxylation sites is 1. The Morgan fingerprint density at radius 3 is 2.33 bits per heavy atom. The average Bonchev–Trinajstić information content (AvgIpc) is 2.61. The summed E-state index contributed by atoms with van der Waals surface area (Å²) in [6.07, 6.45) is -3.01. The number of carbonyl (C=O) groups is 1. The number of rotatable bonds is 6. The number of nitrogens with zero attached hydrogens (tertiary/aromatic N) is 1. The topological polar surface area (TPSA) is 66.5 Å². The number of alkyl halides is 3. The Labute approximate surface area is 159 Å². The molecule has 0 saturated heterocycles. The van der Waals surface area contributed by atoms with Crippen LogP contribution in [0.15, 0.2) is 58.3 Å². The Bertz CT molecular complexity index is 931. The second kappa shape index (κ2) is 8.32. The van der Waals surface area contributed by atoms with Crippen molar-refractivity contribution >= 4 is 33.4 Å².